The second kappa shape index (κ2) is 7.37. The molecule has 0 unspecified atom stereocenters. The molecule has 30 heavy (non-hydrogen) atoms. The number of ether oxygens (including phenoxy) is 2. The Balaban J connectivity index is 1.34. The minimum atomic E-state index is -1.16. The fourth-order valence-electron chi connectivity index (χ4n) is 3.65. The maximum Gasteiger partial charge on any atom is 0.164 e. The van der Waals surface area contributed by atoms with E-state index < -0.39 is 24.5 Å². The molecule has 4 aromatic rings. The van der Waals surface area contributed by atoms with Gasteiger partial charge in [-0.1, -0.05) is 11.6 Å². The summed E-state index contributed by atoms with van der Waals surface area (Å²) in [4.78, 5) is 12.4. The van der Waals surface area contributed by atoms with Gasteiger partial charge in [-0.05, 0) is 24.3 Å². The van der Waals surface area contributed by atoms with E-state index in [2.05, 4.69) is 15.0 Å². The van der Waals surface area contributed by atoms with Gasteiger partial charge in [-0.15, -0.1) is 0 Å². The van der Waals surface area contributed by atoms with E-state index in [-0.39, 0.29) is 6.61 Å². The Labute approximate surface area is 175 Å². The molecule has 4 heterocycles. The number of pyridine rings is 1. The standard InChI is InChI=1S/C20H18ClN5O4/c21-13-3-5-23-14-7-10(1-2-11(13)14)29-8-15-16(27)17(28)20(30-15)26-6-4-12-18(22)24-9-25-19(12)26/h1-7,9,15-17,20,27-28H,8H2,(H2,22,24,25)/t15-,16-,17-,20-/m1/s1. The third-order valence-electron chi connectivity index (χ3n) is 5.23. The fraction of sp³-hybridized carbons (Fsp3) is 0.250. The van der Waals surface area contributed by atoms with Gasteiger partial charge in [-0.3, -0.25) is 4.98 Å². The van der Waals surface area contributed by atoms with Gasteiger partial charge < -0.3 is 30.0 Å². The lowest BCUT2D eigenvalue weighted by Crippen LogP contribution is -2.34. The van der Waals surface area contributed by atoms with Crippen LogP contribution >= 0.6 is 11.6 Å². The number of benzene rings is 1. The lowest BCUT2D eigenvalue weighted by Gasteiger charge is -2.17. The van der Waals surface area contributed by atoms with E-state index in [1.807, 2.05) is 6.07 Å². The van der Waals surface area contributed by atoms with E-state index in [1.165, 1.54) is 6.33 Å². The average Bonchev–Trinajstić information content (AvgIpc) is 3.29. The van der Waals surface area contributed by atoms with Gasteiger partial charge in [0.2, 0.25) is 0 Å². The first-order chi connectivity index (χ1) is 14.5. The van der Waals surface area contributed by atoms with Crippen LogP contribution in [0.15, 0.2) is 49.1 Å². The monoisotopic (exact) mass is 427 g/mol. The van der Waals surface area contributed by atoms with Crippen LogP contribution < -0.4 is 10.5 Å². The zero-order valence-corrected chi connectivity index (χ0v) is 16.3. The van der Waals surface area contributed by atoms with Crippen molar-refractivity contribution in [3.05, 3.63) is 54.1 Å². The Morgan fingerprint density at radius 1 is 1.10 bits per heavy atom. The van der Waals surface area contributed by atoms with Crippen molar-refractivity contribution >= 4 is 39.4 Å². The quantitative estimate of drug-likeness (QED) is 0.450. The predicted molar refractivity (Wildman–Crippen MR) is 110 cm³/mol. The van der Waals surface area contributed by atoms with Crippen LogP contribution in [0.25, 0.3) is 21.9 Å². The van der Waals surface area contributed by atoms with Crippen molar-refractivity contribution in [3.63, 3.8) is 0 Å². The maximum absolute atomic E-state index is 10.5. The highest BCUT2D eigenvalue weighted by molar-refractivity contribution is 6.35. The number of hydrogen-bond acceptors (Lipinski definition) is 8. The zero-order chi connectivity index (χ0) is 20.8. The largest absolute Gasteiger partial charge is 0.491 e. The maximum atomic E-state index is 10.5. The van der Waals surface area contributed by atoms with E-state index in [9.17, 15) is 10.2 Å². The van der Waals surface area contributed by atoms with Crippen molar-refractivity contribution in [1.82, 2.24) is 19.5 Å². The SMILES string of the molecule is Nc1ncnc2c1ccn2[C@@H]1O[C@H](COc2ccc3c(Cl)ccnc3c2)[C@@H](O)[C@H]1O. The van der Waals surface area contributed by atoms with Crippen LogP contribution in [0.4, 0.5) is 5.82 Å². The number of aliphatic hydroxyl groups is 2. The van der Waals surface area contributed by atoms with Crippen molar-refractivity contribution in [2.75, 3.05) is 12.3 Å². The molecule has 3 aromatic heterocycles. The van der Waals surface area contributed by atoms with Gasteiger partial charge >= 0.3 is 0 Å². The van der Waals surface area contributed by atoms with E-state index in [1.54, 1.807) is 41.2 Å². The fourth-order valence-corrected chi connectivity index (χ4v) is 3.87. The van der Waals surface area contributed by atoms with Crippen molar-refractivity contribution in [3.8, 4) is 5.75 Å². The van der Waals surface area contributed by atoms with Crippen LogP contribution in [0.5, 0.6) is 5.75 Å². The van der Waals surface area contributed by atoms with Gasteiger partial charge in [0.15, 0.2) is 6.23 Å². The molecule has 1 fully saturated rings. The Morgan fingerprint density at radius 3 is 2.83 bits per heavy atom. The second-order valence-corrected chi connectivity index (χ2v) is 7.46. The molecule has 0 radical (unpaired) electrons. The Hall–Kier alpha value is -2.98. The van der Waals surface area contributed by atoms with Crippen LogP contribution in [-0.2, 0) is 4.74 Å². The van der Waals surface area contributed by atoms with Gasteiger partial charge in [0.1, 0.15) is 48.5 Å². The summed E-state index contributed by atoms with van der Waals surface area (Å²) >= 11 is 6.16. The first-order valence-corrected chi connectivity index (χ1v) is 9.66. The number of aliphatic hydroxyl groups excluding tert-OH is 2. The summed E-state index contributed by atoms with van der Waals surface area (Å²) in [6, 6.07) is 8.81. The molecule has 4 N–H and O–H groups in total. The molecule has 0 saturated carbocycles. The minimum absolute atomic E-state index is 0.0388. The highest BCUT2D eigenvalue weighted by atomic mass is 35.5. The number of fused-ring (bicyclic) bond motifs is 2. The number of anilines is 1. The van der Waals surface area contributed by atoms with Crippen LogP contribution in [0.3, 0.4) is 0 Å². The van der Waals surface area contributed by atoms with Crippen LogP contribution in [-0.4, -0.2) is 54.7 Å². The Morgan fingerprint density at radius 2 is 1.97 bits per heavy atom. The average molecular weight is 428 g/mol. The molecule has 1 saturated heterocycles. The first kappa shape index (κ1) is 19.0. The summed E-state index contributed by atoms with van der Waals surface area (Å²) in [5.41, 5.74) is 7.08. The van der Waals surface area contributed by atoms with Crippen LogP contribution in [0, 0.1) is 0 Å². The second-order valence-electron chi connectivity index (χ2n) is 7.05. The molecular formula is C20H18ClN5O4. The highest BCUT2D eigenvalue weighted by Gasteiger charge is 2.44. The third kappa shape index (κ3) is 3.12. The van der Waals surface area contributed by atoms with Gasteiger partial charge in [0.25, 0.3) is 0 Å². The molecule has 5 rings (SSSR count). The molecule has 1 aromatic carbocycles. The van der Waals surface area contributed by atoms with Crippen molar-refractivity contribution in [2.45, 2.75) is 24.5 Å². The van der Waals surface area contributed by atoms with E-state index in [0.29, 0.717) is 33.1 Å². The molecule has 1 aliphatic heterocycles. The molecule has 1 aliphatic rings. The third-order valence-corrected chi connectivity index (χ3v) is 5.56. The number of aromatic nitrogens is 4. The number of nitrogens with two attached hydrogens (primary N) is 1. The summed E-state index contributed by atoms with van der Waals surface area (Å²) in [6.45, 7) is 0.0388. The Bertz CT molecular complexity index is 1230. The number of halogens is 1. The van der Waals surface area contributed by atoms with E-state index >= 15 is 0 Å². The normalized spacial score (nSPS) is 24.0. The summed E-state index contributed by atoms with van der Waals surface area (Å²) < 4.78 is 13.3. The predicted octanol–water partition coefficient (Wildman–Crippen LogP) is 1.91. The van der Waals surface area contributed by atoms with Crippen LogP contribution in [0.2, 0.25) is 5.02 Å². The summed E-state index contributed by atoms with van der Waals surface area (Å²) in [7, 11) is 0. The van der Waals surface area contributed by atoms with Crippen molar-refractivity contribution in [2.24, 2.45) is 0 Å². The summed E-state index contributed by atoms with van der Waals surface area (Å²) in [5, 5.41) is 23.1. The topological polar surface area (TPSA) is 129 Å². The number of nitrogen functional groups attached to an aromatic ring is 1. The number of nitrogens with zero attached hydrogens (tertiary/aromatic N) is 4. The number of rotatable bonds is 4. The summed E-state index contributed by atoms with van der Waals surface area (Å²) in [6.07, 6.45) is 0.770. The highest BCUT2D eigenvalue weighted by Crippen LogP contribution is 2.33. The van der Waals surface area contributed by atoms with Crippen molar-refractivity contribution < 1.29 is 19.7 Å². The number of hydrogen-bond donors (Lipinski definition) is 3. The molecule has 0 amide bonds. The molecule has 154 valence electrons. The van der Waals surface area contributed by atoms with Gasteiger partial charge in [0.05, 0.1) is 15.9 Å². The van der Waals surface area contributed by atoms with Crippen LogP contribution in [0.1, 0.15) is 6.23 Å². The molecule has 0 bridgehead atoms. The molecular weight excluding hydrogens is 410 g/mol. The molecule has 9 nitrogen and oxygen atoms in total. The summed E-state index contributed by atoms with van der Waals surface area (Å²) in [5.74, 6) is 0.884. The minimum Gasteiger partial charge on any atom is -0.491 e. The molecule has 10 heteroatoms. The van der Waals surface area contributed by atoms with Gasteiger partial charge in [-0.25, -0.2) is 9.97 Å². The van der Waals surface area contributed by atoms with Gasteiger partial charge in [-0.2, -0.15) is 0 Å². The Kier molecular flexibility index (Phi) is 4.67. The van der Waals surface area contributed by atoms with E-state index in [4.69, 9.17) is 26.8 Å². The van der Waals surface area contributed by atoms with E-state index in [0.717, 1.165) is 5.39 Å². The molecule has 0 spiro atoms. The first-order valence-electron chi connectivity index (χ1n) is 9.28. The molecule has 4 atom stereocenters. The molecule has 0 aliphatic carbocycles. The van der Waals surface area contributed by atoms with Crippen molar-refractivity contribution in [1.29, 1.82) is 0 Å². The zero-order valence-electron chi connectivity index (χ0n) is 15.6. The smallest absolute Gasteiger partial charge is 0.164 e. The lowest BCUT2D eigenvalue weighted by atomic mass is 10.1. The van der Waals surface area contributed by atoms with Gasteiger partial charge in [0, 0.05) is 23.8 Å². The lowest BCUT2D eigenvalue weighted by molar-refractivity contribution is -0.0471.